The Bertz CT molecular complexity index is 94.8. The monoisotopic (exact) mass is 160 g/mol. The lowest BCUT2D eigenvalue weighted by Crippen LogP contribution is -2.35. The van der Waals surface area contributed by atoms with Crippen molar-refractivity contribution >= 4 is 0 Å². The van der Waals surface area contributed by atoms with Gasteiger partial charge in [0.25, 0.3) is 0 Å². The molecule has 0 aliphatic carbocycles. The van der Waals surface area contributed by atoms with E-state index in [0.717, 1.165) is 19.3 Å². The van der Waals surface area contributed by atoms with Crippen LogP contribution < -0.4 is 0 Å². The van der Waals surface area contributed by atoms with Gasteiger partial charge in [-0.25, -0.2) is 0 Å². The van der Waals surface area contributed by atoms with Crippen LogP contribution in [-0.2, 0) is 9.47 Å². The maximum absolute atomic E-state index is 9.00. The van der Waals surface area contributed by atoms with Crippen LogP contribution in [-0.4, -0.2) is 30.7 Å². The van der Waals surface area contributed by atoms with Gasteiger partial charge in [0.2, 0.25) is 0 Å². The van der Waals surface area contributed by atoms with Gasteiger partial charge in [0.05, 0.1) is 13.2 Å². The highest BCUT2D eigenvalue weighted by Gasteiger charge is 2.19. The molecule has 0 aromatic rings. The topological polar surface area (TPSA) is 38.7 Å². The fourth-order valence-corrected chi connectivity index (χ4v) is 1.07. The third-order valence-electron chi connectivity index (χ3n) is 1.74. The van der Waals surface area contributed by atoms with E-state index in [4.69, 9.17) is 14.6 Å². The van der Waals surface area contributed by atoms with Crippen LogP contribution in [0.2, 0.25) is 0 Å². The molecule has 0 saturated carbocycles. The summed E-state index contributed by atoms with van der Waals surface area (Å²) >= 11 is 0. The van der Waals surface area contributed by atoms with Gasteiger partial charge in [-0.15, -0.1) is 0 Å². The summed E-state index contributed by atoms with van der Waals surface area (Å²) < 4.78 is 10.4. The zero-order chi connectivity index (χ0) is 8.10. The summed E-state index contributed by atoms with van der Waals surface area (Å²) in [5.74, 6) is 0. The first-order valence-corrected chi connectivity index (χ1v) is 4.24. The molecule has 0 amide bonds. The van der Waals surface area contributed by atoms with Gasteiger partial charge >= 0.3 is 0 Å². The first-order chi connectivity index (χ1) is 5.33. The lowest BCUT2D eigenvalue weighted by atomic mass is 10.2. The number of aliphatic hydroxyl groups excluding tert-OH is 1. The first-order valence-electron chi connectivity index (χ1n) is 4.24. The Morgan fingerprint density at radius 1 is 1.36 bits per heavy atom. The average Bonchev–Trinajstić information content (AvgIpc) is 2.04. The van der Waals surface area contributed by atoms with Crippen molar-refractivity contribution in [2.24, 2.45) is 0 Å². The van der Waals surface area contributed by atoms with Crippen molar-refractivity contribution in [3.8, 4) is 0 Å². The zero-order valence-electron chi connectivity index (χ0n) is 6.95. The molecule has 0 aromatic heterocycles. The summed E-state index contributed by atoms with van der Waals surface area (Å²) in [6.07, 6.45) is 2.74. The Hall–Kier alpha value is -0.120. The van der Waals surface area contributed by atoms with Crippen molar-refractivity contribution in [1.82, 2.24) is 0 Å². The van der Waals surface area contributed by atoms with E-state index in [9.17, 15) is 0 Å². The van der Waals surface area contributed by atoms with Crippen LogP contribution in [0.5, 0.6) is 0 Å². The summed E-state index contributed by atoms with van der Waals surface area (Å²) in [7, 11) is 0. The van der Waals surface area contributed by atoms with Crippen LogP contribution in [0, 0.1) is 0 Å². The lowest BCUT2D eigenvalue weighted by molar-refractivity contribution is -0.218. The summed E-state index contributed by atoms with van der Waals surface area (Å²) in [6.45, 7) is 2.99. The number of rotatable bonds is 3. The molecule has 1 heterocycles. The fourth-order valence-electron chi connectivity index (χ4n) is 1.07. The largest absolute Gasteiger partial charge is 0.388 e. The van der Waals surface area contributed by atoms with Crippen LogP contribution in [0.4, 0.5) is 0 Å². The molecular weight excluding hydrogens is 144 g/mol. The zero-order valence-corrected chi connectivity index (χ0v) is 6.95. The molecule has 3 heteroatoms. The minimum atomic E-state index is -0.423. The molecule has 0 spiro atoms. The van der Waals surface area contributed by atoms with Crippen molar-refractivity contribution in [1.29, 1.82) is 0 Å². The van der Waals surface area contributed by atoms with Crippen LogP contribution in [0.1, 0.15) is 26.2 Å². The molecule has 0 atom stereocenters. The molecule has 1 saturated heterocycles. The van der Waals surface area contributed by atoms with E-state index in [1.54, 1.807) is 0 Å². The van der Waals surface area contributed by atoms with Crippen molar-refractivity contribution in [3.63, 3.8) is 0 Å². The Morgan fingerprint density at radius 3 is 2.55 bits per heavy atom. The first kappa shape index (κ1) is 8.97. The van der Waals surface area contributed by atoms with E-state index in [0.29, 0.717) is 13.2 Å². The van der Waals surface area contributed by atoms with Gasteiger partial charge < -0.3 is 14.6 Å². The fraction of sp³-hybridized carbons (Fsp3) is 1.00. The Kier molecular flexibility index (Phi) is 3.83. The van der Waals surface area contributed by atoms with Crippen LogP contribution in [0.3, 0.4) is 0 Å². The van der Waals surface area contributed by atoms with Gasteiger partial charge in [0.15, 0.2) is 6.29 Å². The van der Waals surface area contributed by atoms with E-state index in [2.05, 4.69) is 6.92 Å². The average molecular weight is 160 g/mol. The number of unbranched alkanes of at least 4 members (excludes halogenated alkanes) is 1. The Balaban J connectivity index is 2.07. The second-order valence-electron chi connectivity index (χ2n) is 2.89. The van der Waals surface area contributed by atoms with E-state index >= 15 is 0 Å². The van der Waals surface area contributed by atoms with Crippen molar-refractivity contribution in [2.45, 2.75) is 38.6 Å². The quantitative estimate of drug-likeness (QED) is 0.667. The summed E-state index contributed by atoms with van der Waals surface area (Å²) in [4.78, 5) is 0. The second-order valence-corrected chi connectivity index (χ2v) is 2.89. The van der Waals surface area contributed by atoms with Crippen molar-refractivity contribution in [3.05, 3.63) is 0 Å². The van der Waals surface area contributed by atoms with Crippen molar-refractivity contribution < 1.29 is 14.6 Å². The van der Waals surface area contributed by atoms with Gasteiger partial charge in [-0.3, -0.25) is 0 Å². The highest BCUT2D eigenvalue weighted by molar-refractivity contribution is 4.59. The molecule has 3 nitrogen and oxygen atoms in total. The predicted molar refractivity (Wildman–Crippen MR) is 41.2 cm³/mol. The molecule has 0 radical (unpaired) electrons. The SMILES string of the molecule is CCCCC1OCC(O)CO1. The molecule has 1 aliphatic heterocycles. The molecule has 0 bridgehead atoms. The van der Waals surface area contributed by atoms with Crippen molar-refractivity contribution in [2.75, 3.05) is 13.2 Å². The molecule has 1 aliphatic rings. The third-order valence-corrected chi connectivity index (χ3v) is 1.74. The molecular formula is C8H16O3. The van der Waals surface area contributed by atoms with Crippen LogP contribution in [0.15, 0.2) is 0 Å². The highest BCUT2D eigenvalue weighted by atomic mass is 16.7. The second kappa shape index (κ2) is 4.70. The number of ether oxygens (including phenoxy) is 2. The Morgan fingerprint density at radius 2 is 2.00 bits per heavy atom. The molecule has 11 heavy (non-hydrogen) atoms. The van der Waals surface area contributed by atoms with Gasteiger partial charge in [-0.2, -0.15) is 0 Å². The molecule has 1 rings (SSSR count). The normalized spacial score (nSPS) is 32.2. The number of hydrogen-bond donors (Lipinski definition) is 1. The maximum Gasteiger partial charge on any atom is 0.157 e. The Labute approximate surface area is 67.3 Å². The van der Waals surface area contributed by atoms with E-state index in [1.165, 1.54) is 0 Å². The molecule has 0 unspecified atom stereocenters. The lowest BCUT2D eigenvalue weighted by Gasteiger charge is -2.26. The number of aliphatic hydroxyl groups is 1. The summed E-state index contributed by atoms with van der Waals surface area (Å²) in [6, 6.07) is 0. The number of hydrogen-bond acceptors (Lipinski definition) is 3. The predicted octanol–water partition coefficient (Wildman–Crippen LogP) is 0.910. The van der Waals surface area contributed by atoms with Crippen LogP contribution >= 0.6 is 0 Å². The van der Waals surface area contributed by atoms with Gasteiger partial charge in [-0.1, -0.05) is 13.3 Å². The minimum Gasteiger partial charge on any atom is -0.388 e. The standard InChI is InChI=1S/C8H16O3/c1-2-3-4-8-10-5-7(9)6-11-8/h7-9H,2-6H2,1H3. The van der Waals surface area contributed by atoms with Gasteiger partial charge in [0, 0.05) is 0 Å². The summed E-state index contributed by atoms with van der Waals surface area (Å²) in [5.41, 5.74) is 0. The van der Waals surface area contributed by atoms with E-state index in [-0.39, 0.29) is 6.29 Å². The van der Waals surface area contributed by atoms with E-state index < -0.39 is 6.10 Å². The van der Waals surface area contributed by atoms with E-state index in [1.807, 2.05) is 0 Å². The van der Waals surface area contributed by atoms with Gasteiger partial charge in [0.1, 0.15) is 6.10 Å². The summed E-state index contributed by atoms with van der Waals surface area (Å²) in [5, 5.41) is 9.00. The molecule has 1 N–H and O–H groups in total. The van der Waals surface area contributed by atoms with Crippen LogP contribution in [0.25, 0.3) is 0 Å². The third kappa shape index (κ3) is 3.18. The molecule has 66 valence electrons. The molecule has 0 aromatic carbocycles. The smallest absolute Gasteiger partial charge is 0.157 e. The minimum absolute atomic E-state index is 0.0710. The molecule has 1 fully saturated rings. The highest BCUT2D eigenvalue weighted by Crippen LogP contribution is 2.11. The maximum atomic E-state index is 9.00. The van der Waals surface area contributed by atoms with Gasteiger partial charge in [-0.05, 0) is 12.8 Å².